The maximum Gasteiger partial charge on any atom is 0.0621 e. The van der Waals surface area contributed by atoms with Gasteiger partial charge in [-0.2, -0.15) is 17.9 Å². The van der Waals surface area contributed by atoms with Crippen molar-refractivity contribution >= 4 is 12.6 Å². The van der Waals surface area contributed by atoms with Crippen molar-refractivity contribution in [2.75, 3.05) is 5.75 Å². The molecule has 2 heteroatoms. The molecule has 0 aromatic rings. The molecule has 0 saturated carbocycles. The first-order valence-electron chi connectivity index (χ1n) is 8.39. The molecule has 0 heterocycles. The molecule has 0 aliphatic rings. The Hall–Kier alpha value is -0.160. The van der Waals surface area contributed by atoms with E-state index in [4.69, 9.17) is 5.26 Å². The van der Waals surface area contributed by atoms with E-state index in [-0.39, 0.29) is 0 Å². The molecule has 0 N–H and O–H groups in total. The van der Waals surface area contributed by atoms with Gasteiger partial charge in [0, 0.05) is 6.42 Å². The standard InChI is InChI=1S/C17H33NS/c18-16-14-12-10-8-6-4-2-1-3-5-7-9-11-13-15-17-19/h19H,1-15,17H2. The lowest BCUT2D eigenvalue weighted by Crippen LogP contribution is -1.83. The van der Waals surface area contributed by atoms with E-state index >= 15 is 0 Å². The summed E-state index contributed by atoms with van der Waals surface area (Å²) in [7, 11) is 0. The average molecular weight is 284 g/mol. The smallest absolute Gasteiger partial charge is 0.0621 e. The van der Waals surface area contributed by atoms with Gasteiger partial charge in [-0.05, 0) is 18.6 Å². The molecule has 1 nitrogen and oxygen atoms in total. The number of rotatable bonds is 15. The van der Waals surface area contributed by atoms with E-state index in [0.29, 0.717) is 0 Å². The van der Waals surface area contributed by atoms with Gasteiger partial charge in [-0.3, -0.25) is 0 Å². The molecule has 0 amide bonds. The summed E-state index contributed by atoms with van der Waals surface area (Å²) in [4.78, 5) is 0. The average Bonchev–Trinajstić information content (AvgIpc) is 2.43. The molecule has 0 aliphatic carbocycles. The molecule has 0 radical (unpaired) electrons. The Morgan fingerprint density at radius 1 is 0.526 bits per heavy atom. The van der Waals surface area contributed by atoms with Crippen molar-refractivity contribution in [2.45, 2.75) is 96.3 Å². The predicted octanol–water partition coefficient (Wildman–Crippen LogP) is 6.29. The molecule has 0 atom stereocenters. The Morgan fingerprint density at radius 3 is 1.16 bits per heavy atom. The number of hydrogen-bond donors (Lipinski definition) is 1. The Balaban J connectivity index is 2.90. The quantitative estimate of drug-likeness (QED) is 0.277. The van der Waals surface area contributed by atoms with Gasteiger partial charge in [-0.15, -0.1) is 0 Å². The zero-order valence-electron chi connectivity index (χ0n) is 12.7. The highest BCUT2D eigenvalue weighted by atomic mass is 32.1. The van der Waals surface area contributed by atoms with Crippen LogP contribution in [0.5, 0.6) is 0 Å². The molecule has 0 aromatic heterocycles. The predicted molar refractivity (Wildman–Crippen MR) is 88.7 cm³/mol. The minimum Gasteiger partial charge on any atom is -0.198 e. The van der Waals surface area contributed by atoms with Gasteiger partial charge in [0.25, 0.3) is 0 Å². The van der Waals surface area contributed by atoms with E-state index in [2.05, 4.69) is 18.7 Å². The van der Waals surface area contributed by atoms with Crippen molar-refractivity contribution < 1.29 is 0 Å². The normalized spacial score (nSPS) is 10.5. The fraction of sp³-hybridized carbons (Fsp3) is 0.941. The molecule has 0 aromatic carbocycles. The monoisotopic (exact) mass is 283 g/mol. The summed E-state index contributed by atoms with van der Waals surface area (Å²) < 4.78 is 0. The molecule has 0 fully saturated rings. The van der Waals surface area contributed by atoms with Gasteiger partial charge in [0.1, 0.15) is 0 Å². The van der Waals surface area contributed by atoms with Crippen molar-refractivity contribution in [3.63, 3.8) is 0 Å². The van der Waals surface area contributed by atoms with Crippen LogP contribution in [-0.2, 0) is 0 Å². The minimum atomic E-state index is 0.744. The zero-order valence-corrected chi connectivity index (χ0v) is 13.6. The van der Waals surface area contributed by atoms with Crippen molar-refractivity contribution in [3.8, 4) is 6.07 Å². The second-order valence-electron chi connectivity index (χ2n) is 5.58. The lowest BCUT2D eigenvalue weighted by Gasteiger charge is -2.02. The van der Waals surface area contributed by atoms with Crippen LogP contribution in [0.25, 0.3) is 0 Å². The molecule has 0 unspecified atom stereocenters. The van der Waals surface area contributed by atoms with E-state index in [1.54, 1.807) is 0 Å². The van der Waals surface area contributed by atoms with Crippen LogP contribution >= 0.6 is 12.6 Å². The van der Waals surface area contributed by atoms with E-state index in [9.17, 15) is 0 Å². The van der Waals surface area contributed by atoms with Crippen molar-refractivity contribution in [3.05, 3.63) is 0 Å². The van der Waals surface area contributed by atoms with Crippen LogP contribution in [0.4, 0.5) is 0 Å². The first-order valence-corrected chi connectivity index (χ1v) is 9.03. The van der Waals surface area contributed by atoms with Crippen molar-refractivity contribution in [1.29, 1.82) is 5.26 Å². The molecular weight excluding hydrogens is 250 g/mol. The summed E-state index contributed by atoms with van der Waals surface area (Å²) in [5.41, 5.74) is 0. The van der Waals surface area contributed by atoms with Crippen LogP contribution in [0, 0.1) is 11.3 Å². The van der Waals surface area contributed by atoms with Crippen molar-refractivity contribution in [1.82, 2.24) is 0 Å². The topological polar surface area (TPSA) is 23.8 Å². The fourth-order valence-corrected chi connectivity index (χ4v) is 2.66. The van der Waals surface area contributed by atoms with Crippen LogP contribution in [-0.4, -0.2) is 5.75 Å². The molecule has 0 saturated heterocycles. The lowest BCUT2D eigenvalue weighted by atomic mass is 10.0. The Morgan fingerprint density at radius 2 is 0.842 bits per heavy atom. The molecule has 0 aliphatic heterocycles. The summed E-state index contributed by atoms with van der Waals surface area (Å²) in [5, 5.41) is 8.42. The fourth-order valence-electron chi connectivity index (χ4n) is 2.44. The Labute approximate surface area is 126 Å². The highest BCUT2D eigenvalue weighted by Gasteiger charge is 1.94. The summed E-state index contributed by atoms with van der Waals surface area (Å²) >= 11 is 4.23. The minimum absolute atomic E-state index is 0.744. The molecular formula is C17H33NS. The molecule has 19 heavy (non-hydrogen) atoms. The summed E-state index contributed by atoms with van der Waals surface area (Å²) in [5.74, 6) is 1.05. The SMILES string of the molecule is N#CCCCCCCCCCCCCCCCCS. The molecule has 112 valence electrons. The first kappa shape index (κ1) is 18.8. The molecule has 0 spiro atoms. The third-order valence-electron chi connectivity index (χ3n) is 3.70. The number of nitriles is 1. The highest BCUT2D eigenvalue weighted by molar-refractivity contribution is 7.80. The van der Waals surface area contributed by atoms with Crippen molar-refractivity contribution in [2.24, 2.45) is 0 Å². The second-order valence-corrected chi connectivity index (χ2v) is 6.03. The second kappa shape index (κ2) is 17.8. The zero-order chi connectivity index (χ0) is 14.0. The van der Waals surface area contributed by atoms with Gasteiger partial charge >= 0.3 is 0 Å². The van der Waals surface area contributed by atoms with E-state index in [1.807, 2.05) is 0 Å². The van der Waals surface area contributed by atoms with Crippen LogP contribution in [0.3, 0.4) is 0 Å². The molecule has 0 bridgehead atoms. The third-order valence-corrected chi connectivity index (χ3v) is 4.01. The van der Waals surface area contributed by atoms with E-state index in [0.717, 1.165) is 18.6 Å². The van der Waals surface area contributed by atoms with Gasteiger partial charge in [0.2, 0.25) is 0 Å². The third kappa shape index (κ3) is 17.8. The summed E-state index contributed by atoms with van der Waals surface area (Å²) in [6.45, 7) is 0. The largest absolute Gasteiger partial charge is 0.198 e. The van der Waals surface area contributed by atoms with Gasteiger partial charge < -0.3 is 0 Å². The summed E-state index contributed by atoms with van der Waals surface area (Å²) in [6.07, 6.45) is 19.8. The first-order chi connectivity index (χ1) is 9.41. The maximum absolute atomic E-state index is 8.42. The van der Waals surface area contributed by atoms with Crippen LogP contribution < -0.4 is 0 Å². The van der Waals surface area contributed by atoms with Gasteiger partial charge in [-0.25, -0.2) is 0 Å². The maximum atomic E-state index is 8.42. The highest BCUT2D eigenvalue weighted by Crippen LogP contribution is 2.13. The van der Waals surface area contributed by atoms with Gasteiger partial charge in [-0.1, -0.05) is 77.0 Å². The number of thiol groups is 1. The Bertz CT molecular complexity index is 198. The number of hydrogen-bond acceptors (Lipinski definition) is 2. The molecule has 0 rings (SSSR count). The number of nitrogens with zero attached hydrogens (tertiary/aromatic N) is 1. The van der Waals surface area contributed by atoms with Crippen LogP contribution in [0.2, 0.25) is 0 Å². The van der Waals surface area contributed by atoms with Crippen LogP contribution in [0.1, 0.15) is 96.3 Å². The Kier molecular flexibility index (Phi) is 17.7. The lowest BCUT2D eigenvalue weighted by molar-refractivity contribution is 0.537. The number of unbranched alkanes of at least 4 members (excludes halogenated alkanes) is 14. The summed E-state index contributed by atoms with van der Waals surface area (Å²) in [6, 6.07) is 2.21. The van der Waals surface area contributed by atoms with Gasteiger partial charge in [0.15, 0.2) is 0 Å². The van der Waals surface area contributed by atoms with Gasteiger partial charge in [0.05, 0.1) is 6.07 Å². The van der Waals surface area contributed by atoms with E-state index in [1.165, 1.54) is 83.5 Å². The van der Waals surface area contributed by atoms with Crippen LogP contribution in [0.15, 0.2) is 0 Å². The van der Waals surface area contributed by atoms with E-state index < -0.39 is 0 Å².